The summed E-state index contributed by atoms with van der Waals surface area (Å²) in [6.45, 7) is 7.21. The van der Waals surface area contributed by atoms with Crippen molar-refractivity contribution in [2.24, 2.45) is 0 Å². The monoisotopic (exact) mass is 323 g/mol. The van der Waals surface area contributed by atoms with Gasteiger partial charge in [0.1, 0.15) is 6.20 Å². The number of nitrogens with zero attached hydrogens (tertiary/aromatic N) is 1. The number of hydrogen-bond acceptors (Lipinski definition) is 2. The molecular formula is C20H39N2O+. The van der Waals surface area contributed by atoms with Crippen LogP contribution < -0.4 is 5.32 Å². The highest BCUT2D eigenvalue weighted by Gasteiger charge is 2.40. The number of aliphatic hydroxyl groups excluding tert-OH is 1. The van der Waals surface area contributed by atoms with Crippen LogP contribution in [-0.4, -0.2) is 28.5 Å². The summed E-state index contributed by atoms with van der Waals surface area (Å²) in [5.74, 6) is 0. The zero-order chi connectivity index (χ0) is 17.0. The maximum Gasteiger partial charge on any atom is 0.193 e. The minimum absolute atomic E-state index is 0.273. The molecule has 0 saturated heterocycles. The van der Waals surface area contributed by atoms with Crippen molar-refractivity contribution in [3.05, 3.63) is 24.6 Å². The van der Waals surface area contributed by atoms with Crippen molar-refractivity contribution >= 4 is 0 Å². The highest BCUT2D eigenvalue weighted by molar-refractivity contribution is 4.91. The normalized spacial score (nSPS) is 25.1. The zero-order valence-electron chi connectivity index (χ0n) is 15.6. The predicted octanol–water partition coefficient (Wildman–Crippen LogP) is 5.04. The Labute approximate surface area is 144 Å². The molecule has 2 N–H and O–H groups in total. The third-order valence-electron chi connectivity index (χ3n) is 5.21. The first-order chi connectivity index (χ1) is 11.2. The van der Waals surface area contributed by atoms with E-state index in [1.807, 2.05) is 13.1 Å². The van der Waals surface area contributed by atoms with Crippen LogP contribution in [0.5, 0.6) is 0 Å². The average Bonchev–Trinajstić information content (AvgIpc) is 2.97. The fraction of sp³-hybridized carbons (Fsp3) is 0.800. The topological polar surface area (TPSA) is 32.3 Å². The van der Waals surface area contributed by atoms with E-state index < -0.39 is 0 Å². The number of allylic oxidation sites excluding steroid dienone is 1. The molecule has 1 rings (SSSR count). The van der Waals surface area contributed by atoms with E-state index in [2.05, 4.69) is 37.5 Å². The Kier molecular flexibility index (Phi) is 10.3. The van der Waals surface area contributed by atoms with Gasteiger partial charge in [0, 0.05) is 13.3 Å². The summed E-state index contributed by atoms with van der Waals surface area (Å²) in [5, 5.41) is 13.5. The zero-order valence-corrected chi connectivity index (χ0v) is 15.6. The molecule has 0 bridgehead atoms. The van der Waals surface area contributed by atoms with Crippen LogP contribution in [0.3, 0.4) is 0 Å². The lowest BCUT2D eigenvalue weighted by Crippen LogP contribution is -2.57. The molecule has 3 unspecified atom stereocenters. The van der Waals surface area contributed by atoms with Gasteiger partial charge in [-0.1, -0.05) is 64.0 Å². The van der Waals surface area contributed by atoms with Crippen molar-refractivity contribution < 1.29 is 9.59 Å². The van der Waals surface area contributed by atoms with E-state index in [4.69, 9.17) is 0 Å². The van der Waals surface area contributed by atoms with Gasteiger partial charge in [-0.05, 0) is 19.8 Å². The molecule has 0 aromatic carbocycles. The van der Waals surface area contributed by atoms with Gasteiger partial charge in [-0.25, -0.2) is 0 Å². The molecule has 3 nitrogen and oxygen atoms in total. The number of nitrogens with one attached hydrogen (secondary N) is 1. The summed E-state index contributed by atoms with van der Waals surface area (Å²) >= 11 is 0. The SMILES string of the molecule is CCCCCCCCCC/C=C/CC1NC=C[N+]1(CC)C(C)O. The molecule has 0 saturated carbocycles. The minimum atomic E-state index is -0.364. The minimum Gasteiger partial charge on any atom is -0.345 e. The van der Waals surface area contributed by atoms with E-state index >= 15 is 0 Å². The molecule has 1 aliphatic rings. The van der Waals surface area contributed by atoms with Crippen LogP contribution >= 0.6 is 0 Å². The van der Waals surface area contributed by atoms with Crippen molar-refractivity contribution in [2.45, 2.75) is 97.4 Å². The number of aliphatic hydroxyl groups is 1. The van der Waals surface area contributed by atoms with Gasteiger partial charge in [0.25, 0.3) is 0 Å². The first-order valence-corrected chi connectivity index (χ1v) is 9.81. The van der Waals surface area contributed by atoms with Crippen molar-refractivity contribution in [3.8, 4) is 0 Å². The Hall–Kier alpha value is -0.800. The van der Waals surface area contributed by atoms with Crippen molar-refractivity contribution in [1.29, 1.82) is 0 Å². The van der Waals surface area contributed by atoms with Crippen LogP contribution in [0.1, 0.15) is 85.0 Å². The van der Waals surface area contributed by atoms with Crippen molar-refractivity contribution in [1.82, 2.24) is 5.32 Å². The van der Waals surface area contributed by atoms with Gasteiger partial charge < -0.3 is 10.4 Å². The van der Waals surface area contributed by atoms with Gasteiger partial charge in [-0.2, -0.15) is 0 Å². The smallest absolute Gasteiger partial charge is 0.193 e. The highest BCUT2D eigenvalue weighted by atomic mass is 16.3. The molecule has 1 heterocycles. The summed E-state index contributed by atoms with van der Waals surface area (Å²) in [7, 11) is 0. The summed E-state index contributed by atoms with van der Waals surface area (Å²) < 4.78 is 0.627. The molecule has 0 aromatic heterocycles. The molecule has 23 heavy (non-hydrogen) atoms. The average molecular weight is 324 g/mol. The number of quaternary nitrogens is 1. The van der Waals surface area contributed by atoms with Gasteiger partial charge in [-0.15, -0.1) is 0 Å². The third-order valence-corrected chi connectivity index (χ3v) is 5.21. The predicted molar refractivity (Wildman–Crippen MR) is 99.5 cm³/mol. The molecule has 0 spiro atoms. The summed E-state index contributed by atoms with van der Waals surface area (Å²) in [6, 6.07) is 0. The second-order valence-electron chi connectivity index (χ2n) is 6.91. The number of unbranched alkanes of at least 4 members (excludes halogenated alkanes) is 8. The van der Waals surface area contributed by atoms with E-state index in [0.717, 1.165) is 13.0 Å². The van der Waals surface area contributed by atoms with Gasteiger partial charge in [0.15, 0.2) is 12.4 Å². The van der Waals surface area contributed by atoms with Crippen LogP contribution in [0, 0.1) is 0 Å². The maximum absolute atomic E-state index is 10.1. The highest BCUT2D eigenvalue weighted by Crippen LogP contribution is 2.24. The first-order valence-electron chi connectivity index (χ1n) is 9.81. The largest absolute Gasteiger partial charge is 0.345 e. The molecular weight excluding hydrogens is 284 g/mol. The molecule has 0 amide bonds. The van der Waals surface area contributed by atoms with Gasteiger partial charge in [0.05, 0.1) is 12.7 Å². The molecule has 3 heteroatoms. The second kappa shape index (κ2) is 11.7. The van der Waals surface area contributed by atoms with E-state index in [9.17, 15) is 5.11 Å². The Balaban J connectivity index is 2.10. The molecule has 0 aromatic rings. The van der Waals surface area contributed by atoms with Crippen LogP contribution in [0.15, 0.2) is 24.6 Å². The van der Waals surface area contributed by atoms with Crippen LogP contribution in [0.25, 0.3) is 0 Å². The van der Waals surface area contributed by atoms with Crippen molar-refractivity contribution in [3.63, 3.8) is 0 Å². The lowest BCUT2D eigenvalue weighted by Gasteiger charge is -2.38. The molecule has 0 aliphatic carbocycles. The van der Waals surface area contributed by atoms with Gasteiger partial charge in [-0.3, -0.25) is 4.48 Å². The number of hydrogen-bond donors (Lipinski definition) is 2. The summed E-state index contributed by atoms with van der Waals surface area (Å²) in [6.07, 6.45) is 21.8. The van der Waals surface area contributed by atoms with E-state index in [-0.39, 0.29) is 12.4 Å². The Morgan fingerprint density at radius 1 is 1.04 bits per heavy atom. The molecule has 3 atom stereocenters. The fourth-order valence-corrected chi connectivity index (χ4v) is 3.51. The molecule has 1 aliphatic heterocycles. The van der Waals surface area contributed by atoms with Crippen LogP contribution in [0.4, 0.5) is 0 Å². The van der Waals surface area contributed by atoms with Crippen LogP contribution in [0.2, 0.25) is 0 Å². The van der Waals surface area contributed by atoms with E-state index in [0.29, 0.717) is 4.48 Å². The standard InChI is InChI=1S/C20H39N2O/c1-4-6-7-8-9-10-11-12-13-14-15-16-20-21-17-18-22(20,5-2)19(3)23/h14-15,17-21,23H,4-13,16H2,1-3H3/q+1/b15-14+. The maximum atomic E-state index is 10.1. The fourth-order valence-electron chi connectivity index (χ4n) is 3.51. The van der Waals surface area contributed by atoms with Crippen molar-refractivity contribution in [2.75, 3.05) is 6.54 Å². The second-order valence-corrected chi connectivity index (χ2v) is 6.91. The third kappa shape index (κ3) is 6.68. The molecule has 134 valence electrons. The Morgan fingerprint density at radius 3 is 2.30 bits per heavy atom. The van der Waals surface area contributed by atoms with Gasteiger partial charge >= 0.3 is 0 Å². The Bertz CT molecular complexity index is 352. The lowest BCUT2D eigenvalue weighted by atomic mass is 10.1. The van der Waals surface area contributed by atoms with Gasteiger partial charge in [0.2, 0.25) is 0 Å². The summed E-state index contributed by atoms with van der Waals surface area (Å²) in [4.78, 5) is 0. The molecule has 0 radical (unpaired) electrons. The molecule has 0 fully saturated rings. The first kappa shape index (κ1) is 20.2. The van der Waals surface area contributed by atoms with E-state index in [1.165, 1.54) is 57.8 Å². The quantitative estimate of drug-likeness (QED) is 0.283. The number of rotatable bonds is 13. The Morgan fingerprint density at radius 2 is 1.70 bits per heavy atom. The summed E-state index contributed by atoms with van der Waals surface area (Å²) in [5.41, 5.74) is 0. The lowest BCUT2D eigenvalue weighted by molar-refractivity contribution is -0.941. The van der Waals surface area contributed by atoms with Crippen LogP contribution in [-0.2, 0) is 0 Å². The van der Waals surface area contributed by atoms with E-state index in [1.54, 1.807) is 0 Å².